The van der Waals surface area contributed by atoms with Gasteiger partial charge in [0, 0.05) is 32.2 Å². The smallest absolute Gasteiger partial charge is 0.317 e. The summed E-state index contributed by atoms with van der Waals surface area (Å²) in [5, 5.41) is 6.27. The second-order valence-electron chi connectivity index (χ2n) is 3.81. The molecule has 0 spiro atoms. The molecule has 13 heavy (non-hydrogen) atoms. The Balaban J connectivity index is 1.74. The molecule has 1 aliphatic heterocycles. The lowest BCUT2D eigenvalue weighted by molar-refractivity contribution is 0.179. The lowest BCUT2D eigenvalue weighted by Gasteiger charge is -2.32. The van der Waals surface area contributed by atoms with Crippen LogP contribution in [-0.2, 0) is 0 Å². The van der Waals surface area contributed by atoms with Gasteiger partial charge in [0.15, 0.2) is 0 Å². The Hall–Kier alpha value is -0.770. The number of carbonyl (C=O) groups excluding carboxylic acids is 1. The van der Waals surface area contributed by atoms with E-state index in [1.165, 1.54) is 6.42 Å². The van der Waals surface area contributed by atoms with Gasteiger partial charge in [0.05, 0.1) is 0 Å². The first-order chi connectivity index (χ1) is 6.36. The van der Waals surface area contributed by atoms with Gasteiger partial charge in [-0.3, -0.25) is 0 Å². The molecule has 0 unspecified atom stereocenters. The molecular formula is C9H17N3O. The molecule has 2 amide bonds. The summed E-state index contributed by atoms with van der Waals surface area (Å²) < 4.78 is 0. The van der Waals surface area contributed by atoms with E-state index in [1.807, 2.05) is 4.90 Å². The van der Waals surface area contributed by atoms with Crippen LogP contribution in [0.2, 0.25) is 0 Å². The van der Waals surface area contributed by atoms with E-state index in [-0.39, 0.29) is 6.03 Å². The monoisotopic (exact) mass is 183 g/mol. The number of piperazine rings is 1. The molecule has 1 aliphatic carbocycles. The molecule has 4 nitrogen and oxygen atoms in total. The molecule has 0 radical (unpaired) electrons. The van der Waals surface area contributed by atoms with Crippen LogP contribution in [0.3, 0.4) is 0 Å². The Labute approximate surface area is 78.7 Å². The second-order valence-corrected chi connectivity index (χ2v) is 3.81. The van der Waals surface area contributed by atoms with Crippen molar-refractivity contribution in [3.63, 3.8) is 0 Å². The van der Waals surface area contributed by atoms with Crippen molar-refractivity contribution in [2.75, 3.05) is 26.2 Å². The van der Waals surface area contributed by atoms with Crippen molar-refractivity contribution >= 4 is 6.03 Å². The average molecular weight is 183 g/mol. The number of rotatable bonds is 1. The summed E-state index contributed by atoms with van der Waals surface area (Å²) in [4.78, 5) is 13.5. The van der Waals surface area contributed by atoms with E-state index in [4.69, 9.17) is 0 Å². The van der Waals surface area contributed by atoms with Gasteiger partial charge in [-0.25, -0.2) is 4.79 Å². The molecule has 1 heterocycles. The molecule has 0 atom stereocenters. The van der Waals surface area contributed by atoms with E-state index in [1.54, 1.807) is 0 Å². The highest BCUT2D eigenvalue weighted by Gasteiger charge is 2.23. The zero-order valence-electron chi connectivity index (χ0n) is 7.88. The summed E-state index contributed by atoms with van der Waals surface area (Å²) in [5.41, 5.74) is 0. The molecular weight excluding hydrogens is 166 g/mol. The number of hydrogen-bond acceptors (Lipinski definition) is 2. The van der Waals surface area contributed by atoms with Gasteiger partial charge in [0.1, 0.15) is 0 Å². The number of carbonyl (C=O) groups is 1. The molecule has 4 heteroatoms. The normalized spacial score (nSPS) is 23.8. The highest BCUT2D eigenvalue weighted by Crippen LogP contribution is 2.18. The van der Waals surface area contributed by atoms with E-state index >= 15 is 0 Å². The average Bonchev–Trinajstić information content (AvgIpc) is 2.12. The lowest BCUT2D eigenvalue weighted by atomic mass is 9.93. The van der Waals surface area contributed by atoms with Gasteiger partial charge in [0.2, 0.25) is 0 Å². The summed E-state index contributed by atoms with van der Waals surface area (Å²) in [6.45, 7) is 3.55. The van der Waals surface area contributed by atoms with Crippen LogP contribution in [0.25, 0.3) is 0 Å². The molecule has 0 aromatic carbocycles. The minimum Gasteiger partial charge on any atom is -0.335 e. The third kappa shape index (κ3) is 2.12. The molecule has 1 saturated heterocycles. The van der Waals surface area contributed by atoms with E-state index in [0.717, 1.165) is 39.0 Å². The third-order valence-electron chi connectivity index (χ3n) is 2.84. The van der Waals surface area contributed by atoms with Crippen LogP contribution in [0, 0.1) is 0 Å². The van der Waals surface area contributed by atoms with Gasteiger partial charge >= 0.3 is 6.03 Å². The number of urea groups is 1. The van der Waals surface area contributed by atoms with E-state index in [0.29, 0.717) is 6.04 Å². The predicted octanol–water partition coefficient (Wildman–Crippen LogP) is 0.154. The molecule has 2 fully saturated rings. The number of nitrogens with one attached hydrogen (secondary N) is 2. The molecule has 2 N–H and O–H groups in total. The summed E-state index contributed by atoms with van der Waals surface area (Å²) >= 11 is 0. The van der Waals surface area contributed by atoms with Crippen molar-refractivity contribution in [2.24, 2.45) is 0 Å². The predicted molar refractivity (Wildman–Crippen MR) is 50.6 cm³/mol. The van der Waals surface area contributed by atoms with Crippen LogP contribution >= 0.6 is 0 Å². The fraction of sp³-hybridized carbons (Fsp3) is 0.889. The van der Waals surface area contributed by atoms with Crippen molar-refractivity contribution in [1.29, 1.82) is 0 Å². The maximum atomic E-state index is 11.6. The molecule has 2 rings (SSSR count). The van der Waals surface area contributed by atoms with Crippen molar-refractivity contribution in [3.8, 4) is 0 Å². The quantitative estimate of drug-likeness (QED) is 0.608. The maximum Gasteiger partial charge on any atom is 0.317 e. The van der Waals surface area contributed by atoms with Crippen molar-refractivity contribution < 1.29 is 4.79 Å². The zero-order chi connectivity index (χ0) is 9.10. The first-order valence-corrected chi connectivity index (χ1v) is 5.12. The second kappa shape index (κ2) is 3.96. The summed E-state index contributed by atoms with van der Waals surface area (Å²) in [7, 11) is 0. The molecule has 0 aromatic heterocycles. The van der Waals surface area contributed by atoms with Crippen LogP contribution < -0.4 is 10.6 Å². The van der Waals surface area contributed by atoms with Crippen LogP contribution in [0.15, 0.2) is 0 Å². The number of hydrogen-bond donors (Lipinski definition) is 2. The summed E-state index contributed by atoms with van der Waals surface area (Å²) in [6.07, 6.45) is 3.60. The Kier molecular flexibility index (Phi) is 2.68. The standard InChI is InChI=1S/C9H17N3O/c13-9(11-8-2-1-3-8)12-6-4-10-5-7-12/h8,10H,1-7H2,(H,11,13). The van der Waals surface area contributed by atoms with E-state index < -0.39 is 0 Å². The zero-order valence-corrected chi connectivity index (χ0v) is 7.88. The van der Waals surface area contributed by atoms with Crippen LogP contribution in [0.5, 0.6) is 0 Å². The van der Waals surface area contributed by atoms with Gasteiger partial charge in [-0.2, -0.15) is 0 Å². The Morgan fingerprint density at radius 2 is 2.00 bits per heavy atom. The third-order valence-corrected chi connectivity index (χ3v) is 2.84. The summed E-state index contributed by atoms with van der Waals surface area (Å²) in [5.74, 6) is 0. The largest absolute Gasteiger partial charge is 0.335 e. The molecule has 74 valence electrons. The molecule has 0 aromatic rings. The Bertz CT molecular complexity index is 185. The number of amides is 2. The van der Waals surface area contributed by atoms with Crippen LogP contribution in [-0.4, -0.2) is 43.2 Å². The fourth-order valence-corrected chi connectivity index (χ4v) is 1.69. The molecule has 2 aliphatic rings. The summed E-state index contributed by atoms with van der Waals surface area (Å²) in [6, 6.07) is 0.591. The first kappa shape index (κ1) is 8.81. The van der Waals surface area contributed by atoms with Gasteiger partial charge in [-0.1, -0.05) is 0 Å². The van der Waals surface area contributed by atoms with Gasteiger partial charge < -0.3 is 15.5 Å². The van der Waals surface area contributed by atoms with Crippen LogP contribution in [0.4, 0.5) is 4.79 Å². The van der Waals surface area contributed by atoms with Crippen molar-refractivity contribution in [3.05, 3.63) is 0 Å². The Morgan fingerprint density at radius 3 is 2.54 bits per heavy atom. The highest BCUT2D eigenvalue weighted by molar-refractivity contribution is 5.74. The molecule has 0 bridgehead atoms. The van der Waals surface area contributed by atoms with Crippen LogP contribution in [0.1, 0.15) is 19.3 Å². The topological polar surface area (TPSA) is 44.4 Å². The number of nitrogens with zero attached hydrogens (tertiary/aromatic N) is 1. The molecule has 1 saturated carbocycles. The first-order valence-electron chi connectivity index (χ1n) is 5.12. The van der Waals surface area contributed by atoms with Gasteiger partial charge in [-0.15, -0.1) is 0 Å². The fourth-order valence-electron chi connectivity index (χ4n) is 1.69. The maximum absolute atomic E-state index is 11.6. The van der Waals surface area contributed by atoms with Gasteiger partial charge in [-0.05, 0) is 19.3 Å². The lowest BCUT2D eigenvalue weighted by Crippen LogP contribution is -2.53. The minimum absolute atomic E-state index is 0.131. The Morgan fingerprint density at radius 1 is 1.31 bits per heavy atom. The van der Waals surface area contributed by atoms with E-state index in [2.05, 4.69) is 10.6 Å². The van der Waals surface area contributed by atoms with Crippen molar-refractivity contribution in [1.82, 2.24) is 15.5 Å². The minimum atomic E-state index is 0.131. The van der Waals surface area contributed by atoms with Crippen molar-refractivity contribution in [2.45, 2.75) is 25.3 Å². The van der Waals surface area contributed by atoms with Gasteiger partial charge in [0.25, 0.3) is 0 Å². The highest BCUT2D eigenvalue weighted by atomic mass is 16.2. The van der Waals surface area contributed by atoms with E-state index in [9.17, 15) is 4.79 Å². The SMILES string of the molecule is O=C(NC1CCC1)N1CCNCC1.